The van der Waals surface area contributed by atoms with Crippen molar-refractivity contribution in [3.8, 4) is 0 Å². The Kier molecular flexibility index (Phi) is 8.82. The Labute approximate surface area is 202 Å². The summed E-state index contributed by atoms with van der Waals surface area (Å²) < 4.78 is 37.4. The van der Waals surface area contributed by atoms with Crippen molar-refractivity contribution in [2.24, 2.45) is 0 Å². The summed E-state index contributed by atoms with van der Waals surface area (Å²) in [6.07, 6.45) is 1.74. The van der Waals surface area contributed by atoms with Gasteiger partial charge in [0.2, 0.25) is 0 Å². The fourth-order valence-corrected chi connectivity index (χ4v) is 4.77. The van der Waals surface area contributed by atoms with Crippen LogP contribution in [0.2, 0.25) is 0 Å². The van der Waals surface area contributed by atoms with Crippen molar-refractivity contribution in [3.05, 3.63) is 0 Å². The van der Waals surface area contributed by atoms with E-state index < -0.39 is 41.0 Å². The summed E-state index contributed by atoms with van der Waals surface area (Å²) in [7, 11) is 0. The van der Waals surface area contributed by atoms with E-state index in [4.69, 9.17) is 38.3 Å². The number of aliphatic hydroxyl groups is 1. The van der Waals surface area contributed by atoms with Gasteiger partial charge in [0.05, 0.1) is 6.61 Å². The molecular formula is C24H42O10. The van der Waals surface area contributed by atoms with E-state index in [2.05, 4.69) is 0 Å². The van der Waals surface area contributed by atoms with Crippen molar-refractivity contribution in [3.63, 3.8) is 0 Å². The molecule has 10 nitrogen and oxygen atoms in total. The molecule has 5 fully saturated rings. The fourth-order valence-electron chi connectivity index (χ4n) is 4.77. The minimum Gasteiger partial charge on any atom is -0.457 e. The zero-order valence-electron chi connectivity index (χ0n) is 20.7. The molecule has 10 heteroatoms. The highest BCUT2D eigenvalue weighted by Crippen LogP contribution is 2.45. The highest BCUT2D eigenvalue weighted by atomic mass is 16.8. The first-order chi connectivity index (χ1) is 15.3. The maximum Gasteiger partial charge on any atom is 0.341 e. The number of cyclic esters (lactones) is 2. The molecule has 198 valence electrons. The van der Waals surface area contributed by atoms with Crippen molar-refractivity contribution in [2.45, 2.75) is 122 Å². The van der Waals surface area contributed by atoms with Crippen LogP contribution in [0.15, 0.2) is 0 Å². The first-order valence-electron chi connectivity index (χ1n) is 11.6. The van der Waals surface area contributed by atoms with Crippen molar-refractivity contribution in [2.75, 3.05) is 19.8 Å². The molecule has 0 radical (unpaired) electrons. The van der Waals surface area contributed by atoms with Crippen molar-refractivity contribution in [1.29, 1.82) is 0 Å². The lowest BCUT2D eigenvalue weighted by atomic mass is 9.97. The van der Waals surface area contributed by atoms with Gasteiger partial charge in [-0.1, -0.05) is 14.4 Å². The van der Waals surface area contributed by atoms with Gasteiger partial charge in [0.15, 0.2) is 28.9 Å². The van der Waals surface area contributed by atoms with E-state index in [1.54, 1.807) is 27.7 Å². The van der Waals surface area contributed by atoms with Crippen LogP contribution in [0.3, 0.4) is 0 Å². The van der Waals surface area contributed by atoms with Crippen LogP contribution in [-0.4, -0.2) is 84.1 Å². The topological polar surface area (TPSA) is 119 Å². The zero-order chi connectivity index (χ0) is 24.7. The fraction of sp³-hybridized carbons (Fsp3) is 0.917. The highest BCUT2D eigenvalue weighted by Gasteiger charge is 2.65. The number of carbonyl (C=O) groups excluding carboxylic acids is 2. The summed E-state index contributed by atoms with van der Waals surface area (Å²) >= 11 is 0. The molecule has 0 aromatic carbocycles. The largest absolute Gasteiger partial charge is 0.457 e. The van der Waals surface area contributed by atoms with Crippen LogP contribution >= 0.6 is 0 Å². The van der Waals surface area contributed by atoms with Gasteiger partial charge < -0.3 is 38.3 Å². The lowest BCUT2D eigenvalue weighted by molar-refractivity contribution is -0.198. The van der Waals surface area contributed by atoms with Gasteiger partial charge in [0, 0.05) is 13.2 Å². The predicted octanol–water partition coefficient (Wildman–Crippen LogP) is 2.48. The molecular weight excluding hydrogens is 448 g/mol. The van der Waals surface area contributed by atoms with E-state index in [1.807, 2.05) is 20.8 Å². The molecule has 0 aromatic heterocycles. The third kappa shape index (κ3) is 5.57. The molecule has 1 N–H and O–H groups in total. The monoisotopic (exact) mass is 490 g/mol. The second kappa shape index (κ2) is 10.4. The van der Waals surface area contributed by atoms with Gasteiger partial charge in [-0.25, -0.2) is 9.59 Å². The van der Waals surface area contributed by atoms with E-state index in [-0.39, 0.29) is 32.2 Å². The summed E-state index contributed by atoms with van der Waals surface area (Å²) in [6, 6.07) is 0. The second-order valence-electron chi connectivity index (χ2n) is 10.1. The summed E-state index contributed by atoms with van der Waals surface area (Å²) in [5.41, 5.74) is -1.99. The molecule has 0 bridgehead atoms. The number of aliphatic hydroxyl groups excluding tert-OH is 1. The Morgan fingerprint density at radius 2 is 1.21 bits per heavy atom. The molecule has 0 amide bonds. The minimum atomic E-state index is -1.07. The lowest BCUT2D eigenvalue weighted by Gasteiger charge is -2.21. The third-order valence-electron chi connectivity index (χ3n) is 6.24. The number of hydrogen-bond donors (Lipinski definition) is 1. The molecule has 6 atom stereocenters. The molecule has 5 aliphatic rings. The van der Waals surface area contributed by atoms with Crippen LogP contribution in [0.4, 0.5) is 0 Å². The Morgan fingerprint density at radius 1 is 0.794 bits per heavy atom. The van der Waals surface area contributed by atoms with Crippen LogP contribution in [-0.2, 0) is 42.7 Å². The Balaban J connectivity index is 0.000000195. The van der Waals surface area contributed by atoms with E-state index >= 15 is 0 Å². The molecule has 34 heavy (non-hydrogen) atoms. The van der Waals surface area contributed by atoms with Crippen LogP contribution in [0, 0.1) is 0 Å². The van der Waals surface area contributed by atoms with Crippen molar-refractivity contribution >= 4 is 11.9 Å². The lowest BCUT2D eigenvalue weighted by Crippen LogP contribution is -2.41. The molecule has 5 heterocycles. The Bertz CT molecular complexity index is 670. The molecule has 0 spiro atoms. The summed E-state index contributed by atoms with van der Waals surface area (Å²) in [5.74, 6) is -2.26. The van der Waals surface area contributed by atoms with E-state index in [1.165, 1.54) is 12.8 Å². The number of esters is 2. The smallest absolute Gasteiger partial charge is 0.341 e. The summed E-state index contributed by atoms with van der Waals surface area (Å²) in [4.78, 5) is 23.1. The maximum absolute atomic E-state index is 11.6. The first-order valence-corrected chi connectivity index (χ1v) is 11.6. The van der Waals surface area contributed by atoms with Gasteiger partial charge >= 0.3 is 11.9 Å². The van der Waals surface area contributed by atoms with Crippen LogP contribution in [0.25, 0.3) is 0 Å². The number of carbonyl (C=O) groups is 2. The van der Waals surface area contributed by atoms with Gasteiger partial charge in [0.25, 0.3) is 0 Å². The number of fused-ring (bicyclic) bond motifs is 2. The van der Waals surface area contributed by atoms with Crippen LogP contribution in [0.5, 0.6) is 0 Å². The average Bonchev–Trinajstić information content (AvgIpc) is 3.49. The summed E-state index contributed by atoms with van der Waals surface area (Å²) in [5, 5.41) is 9.00. The average molecular weight is 491 g/mol. The number of hydrogen-bond acceptors (Lipinski definition) is 10. The molecule has 0 unspecified atom stereocenters. The minimum absolute atomic E-state index is 0. The highest BCUT2D eigenvalue weighted by molar-refractivity contribution is 5.83. The first kappa shape index (κ1) is 28.9. The zero-order valence-corrected chi connectivity index (χ0v) is 20.7. The SMILES string of the molecule is C.C1CCOC1.CC1(C)O[C@@H]2[C@@H](CO)OC(=O)[C@]2(C)O1.CC[C@H]1OC(=O)[C@]2(C)OC(C)(C)O[C@H]12. The van der Waals surface area contributed by atoms with Crippen molar-refractivity contribution in [1.82, 2.24) is 0 Å². The number of ether oxygens (including phenoxy) is 7. The van der Waals surface area contributed by atoms with E-state index in [9.17, 15) is 9.59 Å². The maximum atomic E-state index is 11.6. The molecule has 0 aromatic rings. The third-order valence-corrected chi connectivity index (χ3v) is 6.24. The van der Waals surface area contributed by atoms with E-state index in [0.717, 1.165) is 19.6 Å². The molecule has 5 aliphatic heterocycles. The molecule has 0 aliphatic carbocycles. The van der Waals surface area contributed by atoms with Gasteiger partial charge in [-0.3, -0.25) is 0 Å². The Morgan fingerprint density at radius 3 is 1.56 bits per heavy atom. The molecule has 5 rings (SSSR count). The summed E-state index contributed by atoms with van der Waals surface area (Å²) in [6.45, 7) is 14.2. The van der Waals surface area contributed by atoms with Gasteiger partial charge in [-0.05, 0) is 60.8 Å². The normalized spacial score (nSPS) is 40.6. The van der Waals surface area contributed by atoms with Crippen LogP contribution < -0.4 is 0 Å². The van der Waals surface area contributed by atoms with E-state index in [0.29, 0.717) is 0 Å². The predicted molar refractivity (Wildman–Crippen MR) is 121 cm³/mol. The molecule has 5 saturated heterocycles. The van der Waals surface area contributed by atoms with Gasteiger partial charge in [-0.2, -0.15) is 0 Å². The standard InChI is InChI=1S/C10H16O4.C9H14O5.C4H8O.CH4/c1-5-6-7-10(4,8(11)12-6)14-9(2,3)13-7;1-8(2)13-6-5(4-10)12-7(11)9(6,3)14-8;1-2-4-5-3-1;/h6-7H,5H2,1-4H3;5-6,10H,4H2,1-3H3;1-4H2;1H4/t6-,7-,10-;5-,6-,9-;;/m11../s1. The Hall–Kier alpha value is -1.30. The van der Waals surface area contributed by atoms with Crippen LogP contribution in [0.1, 0.15) is 75.2 Å². The van der Waals surface area contributed by atoms with Gasteiger partial charge in [0.1, 0.15) is 18.3 Å². The van der Waals surface area contributed by atoms with Crippen molar-refractivity contribution < 1.29 is 47.9 Å². The van der Waals surface area contributed by atoms with Gasteiger partial charge in [-0.15, -0.1) is 0 Å². The second-order valence-corrected chi connectivity index (χ2v) is 10.1. The number of rotatable bonds is 2. The molecule has 0 saturated carbocycles. The quantitative estimate of drug-likeness (QED) is 0.578.